The third-order valence-corrected chi connectivity index (χ3v) is 5.89. The summed E-state index contributed by atoms with van der Waals surface area (Å²) in [7, 11) is -3.79. The summed E-state index contributed by atoms with van der Waals surface area (Å²) in [5.41, 5.74) is 3.12. The number of aryl methyl sites for hydroxylation is 1. The summed E-state index contributed by atoms with van der Waals surface area (Å²) in [6.45, 7) is 1.98. The first-order valence-corrected chi connectivity index (χ1v) is 11.2. The van der Waals surface area contributed by atoms with Gasteiger partial charge in [0.05, 0.1) is 11.0 Å². The third-order valence-electron chi connectivity index (χ3n) is 4.64. The molecule has 0 aliphatic heterocycles. The van der Waals surface area contributed by atoms with Crippen LogP contribution in [0.15, 0.2) is 60.0 Å². The SMILES string of the molecule is Cc1ccc(-c2c(Cl)nc(C3CC3)nc2NS(=O)(=O)/C=C/c2ccccc2)cc1. The molecule has 0 spiro atoms. The van der Waals surface area contributed by atoms with E-state index in [1.165, 1.54) is 0 Å². The highest BCUT2D eigenvalue weighted by molar-refractivity contribution is 7.95. The molecule has 5 nitrogen and oxygen atoms in total. The first-order valence-electron chi connectivity index (χ1n) is 9.32. The molecule has 1 N–H and O–H groups in total. The van der Waals surface area contributed by atoms with E-state index >= 15 is 0 Å². The van der Waals surface area contributed by atoms with Gasteiger partial charge in [0.1, 0.15) is 11.0 Å². The van der Waals surface area contributed by atoms with Gasteiger partial charge in [-0.1, -0.05) is 71.8 Å². The molecule has 1 saturated carbocycles. The molecular formula is C22H20ClN3O2S. The quantitative estimate of drug-likeness (QED) is 0.537. The number of benzene rings is 2. The molecular weight excluding hydrogens is 406 g/mol. The molecule has 0 radical (unpaired) electrons. The van der Waals surface area contributed by atoms with Gasteiger partial charge in [0.15, 0.2) is 5.82 Å². The van der Waals surface area contributed by atoms with Crippen LogP contribution < -0.4 is 4.72 Å². The fraction of sp³-hybridized carbons (Fsp3) is 0.182. The predicted octanol–water partition coefficient (Wildman–Crippen LogP) is 5.40. The van der Waals surface area contributed by atoms with Crippen LogP contribution in [0, 0.1) is 6.92 Å². The maximum Gasteiger partial charge on any atom is 0.256 e. The molecule has 1 aliphatic rings. The van der Waals surface area contributed by atoms with Crippen LogP contribution in [0.25, 0.3) is 17.2 Å². The van der Waals surface area contributed by atoms with Gasteiger partial charge in [-0.3, -0.25) is 4.72 Å². The highest BCUT2D eigenvalue weighted by Crippen LogP contribution is 2.41. The molecule has 0 amide bonds. The number of hydrogen-bond donors (Lipinski definition) is 1. The van der Waals surface area contributed by atoms with E-state index in [1.54, 1.807) is 6.08 Å². The van der Waals surface area contributed by atoms with E-state index < -0.39 is 10.0 Å². The Bertz CT molecular complexity index is 1160. The smallest absolute Gasteiger partial charge is 0.256 e. The molecule has 0 atom stereocenters. The molecule has 7 heteroatoms. The van der Waals surface area contributed by atoms with Gasteiger partial charge in [0, 0.05) is 5.92 Å². The van der Waals surface area contributed by atoms with Crippen molar-refractivity contribution in [3.05, 3.63) is 82.1 Å². The number of hydrogen-bond acceptors (Lipinski definition) is 4. The fourth-order valence-electron chi connectivity index (χ4n) is 2.92. The minimum atomic E-state index is -3.79. The van der Waals surface area contributed by atoms with Crippen molar-refractivity contribution >= 4 is 33.5 Å². The summed E-state index contributed by atoms with van der Waals surface area (Å²) < 4.78 is 28.0. The van der Waals surface area contributed by atoms with Crippen molar-refractivity contribution in [1.82, 2.24) is 9.97 Å². The number of halogens is 1. The normalized spacial score (nSPS) is 14.3. The first kappa shape index (κ1) is 19.6. The molecule has 3 aromatic rings. The van der Waals surface area contributed by atoms with Gasteiger partial charge >= 0.3 is 0 Å². The largest absolute Gasteiger partial charge is 0.263 e. The molecule has 0 saturated heterocycles. The standard InChI is InChI=1S/C22H20ClN3O2S/c1-15-7-9-17(10-8-15)19-20(23)24-21(18-11-12-18)25-22(19)26-29(27,28)14-13-16-5-3-2-4-6-16/h2-10,13-14,18H,11-12H2,1H3,(H,24,25,26)/b14-13+. The van der Waals surface area contributed by atoms with Crippen molar-refractivity contribution in [2.75, 3.05) is 4.72 Å². The Labute approximate surface area is 175 Å². The zero-order valence-electron chi connectivity index (χ0n) is 15.8. The molecule has 1 fully saturated rings. The Hall–Kier alpha value is -2.70. The minimum Gasteiger partial charge on any atom is -0.263 e. The van der Waals surface area contributed by atoms with Crippen LogP contribution in [0.1, 0.15) is 35.7 Å². The van der Waals surface area contributed by atoms with Crippen LogP contribution in [-0.4, -0.2) is 18.4 Å². The summed E-state index contributed by atoms with van der Waals surface area (Å²) in [6, 6.07) is 16.9. The summed E-state index contributed by atoms with van der Waals surface area (Å²) in [4.78, 5) is 8.93. The van der Waals surface area contributed by atoms with Crippen molar-refractivity contribution in [1.29, 1.82) is 0 Å². The van der Waals surface area contributed by atoms with E-state index in [2.05, 4.69) is 14.7 Å². The number of aromatic nitrogens is 2. The first-order chi connectivity index (χ1) is 13.9. The van der Waals surface area contributed by atoms with Crippen molar-refractivity contribution in [3.63, 3.8) is 0 Å². The van der Waals surface area contributed by atoms with E-state index in [-0.39, 0.29) is 16.9 Å². The van der Waals surface area contributed by atoms with Crippen LogP contribution in [0.2, 0.25) is 5.15 Å². The monoisotopic (exact) mass is 425 g/mol. The lowest BCUT2D eigenvalue weighted by atomic mass is 10.1. The summed E-state index contributed by atoms with van der Waals surface area (Å²) in [5.74, 6) is 1.02. The van der Waals surface area contributed by atoms with E-state index in [9.17, 15) is 8.42 Å². The summed E-state index contributed by atoms with van der Waals surface area (Å²) in [5, 5.41) is 1.38. The van der Waals surface area contributed by atoms with Gasteiger partial charge in [0.25, 0.3) is 10.0 Å². The topological polar surface area (TPSA) is 72.0 Å². The van der Waals surface area contributed by atoms with Crippen molar-refractivity contribution < 1.29 is 8.42 Å². The average Bonchev–Trinajstić information content (AvgIpc) is 3.53. The zero-order chi connectivity index (χ0) is 20.4. The highest BCUT2D eigenvalue weighted by atomic mass is 35.5. The molecule has 29 heavy (non-hydrogen) atoms. The Morgan fingerprint density at radius 1 is 1.03 bits per heavy atom. The molecule has 1 heterocycles. The second kappa shape index (κ2) is 7.97. The lowest BCUT2D eigenvalue weighted by Crippen LogP contribution is -2.13. The lowest BCUT2D eigenvalue weighted by Gasteiger charge is -2.13. The molecule has 148 valence electrons. The van der Waals surface area contributed by atoms with Gasteiger partial charge in [0.2, 0.25) is 0 Å². The third kappa shape index (κ3) is 4.83. The number of nitrogens with one attached hydrogen (secondary N) is 1. The van der Waals surface area contributed by atoms with Gasteiger partial charge in [-0.25, -0.2) is 18.4 Å². The second-order valence-corrected chi connectivity index (χ2v) is 9.02. The highest BCUT2D eigenvalue weighted by Gasteiger charge is 2.29. The van der Waals surface area contributed by atoms with Crippen molar-refractivity contribution in [2.45, 2.75) is 25.7 Å². The Morgan fingerprint density at radius 3 is 2.38 bits per heavy atom. The summed E-state index contributed by atoms with van der Waals surface area (Å²) >= 11 is 6.48. The van der Waals surface area contributed by atoms with Gasteiger partial charge < -0.3 is 0 Å². The van der Waals surface area contributed by atoms with Crippen LogP contribution in [0.3, 0.4) is 0 Å². The average molecular weight is 426 g/mol. The maximum absolute atomic E-state index is 12.7. The van der Waals surface area contributed by atoms with Crippen LogP contribution in [0.4, 0.5) is 5.82 Å². The molecule has 2 aromatic carbocycles. The molecule has 1 aliphatic carbocycles. The van der Waals surface area contributed by atoms with Gasteiger partial charge in [-0.2, -0.15) is 0 Å². The van der Waals surface area contributed by atoms with Crippen LogP contribution in [0.5, 0.6) is 0 Å². The number of rotatable bonds is 6. The fourth-order valence-corrected chi connectivity index (χ4v) is 4.03. The Kier molecular flexibility index (Phi) is 5.39. The lowest BCUT2D eigenvalue weighted by molar-refractivity contribution is 0.609. The summed E-state index contributed by atoms with van der Waals surface area (Å²) in [6.07, 6.45) is 3.51. The number of nitrogens with zero attached hydrogens (tertiary/aromatic N) is 2. The van der Waals surface area contributed by atoms with E-state index in [1.807, 2.05) is 61.5 Å². The van der Waals surface area contributed by atoms with Crippen molar-refractivity contribution in [2.24, 2.45) is 0 Å². The maximum atomic E-state index is 12.7. The van der Waals surface area contributed by atoms with Gasteiger partial charge in [-0.15, -0.1) is 0 Å². The molecule has 4 rings (SSSR count). The zero-order valence-corrected chi connectivity index (χ0v) is 17.4. The van der Waals surface area contributed by atoms with Crippen LogP contribution in [-0.2, 0) is 10.0 Å². The molecule has 0 unspecified atom stereocenters. The van der Waals surface area contributed by atoms with Crippen molar-refractivity contribution in [3.8, 4) is 11.1 Å². The molecule has 1 aromatic heterocycles. The van der Waals surface area contributed by atoms with Gasteiger partial charge in [-0.05, 0) is 37.0 Å². The van der Waals surface area contributed by atoms with E-state index in [0.29, 0.717) is 11.4 Å². The van der Waals surface area contributed by atoms with E-state index in [4.69, 9.17) is 11.6 Å². The number of sulfonamides is 1. The second-order valence-electron chi connectivity index (χ2n) is 7.10. The predicted molar refractivity (Wildman–Crippen MR) is 117 cm³/mol. The Morgan fingerprint density at radius 2 is 1.72 bits per heavy atom. The Balaban J connectivity index is 1.73. The van der Waals surface area contributed by atoms with Crippen LogP contribution >= 0.6 is 11.6 Å². The number of anilines is 1. The van der Waals surface area contributed by atoms with E-state index in [0.717, 1.165) is 34.9 Å². The molecule has 0 bridgehead atoms. The minimum absolute atomic E-state index is 0.202.